The lowest BCUT2D eigenvalue weighted by molar-refractivity contribution is -0.122. The first-order chi connectivity index (χ1) is 15.4. The third-order valence-electron chi connectivity index (χ3n) is 4.94. The molecule has 8 heteroatoms. The number of hydrogen-bond acceptors (Lipinski definition) is 5. The summed E-state index contributed by atoms with van der Waals surface area (Å²) >= 11 is 0. The minimum absolute atomic E-state index is 0.0662. The number of carbonyl (C=O) groups is 3. The van der Waals surface area contributed by atoms with Crippen LogP contribution in [0.5, 0.6) is 0 Å². The number of carbonyl (C=O) groups excluding carboxylic acids is 3. The van der Waals surface area contributed by atoms with Crippen molar-refractivity contribution in [3.8, 4) is 0 Å². The third-order valence-corrected chi connectivity index (χ3v) is 4.94. The summed E-state index contributed by atoms with van der Waals surface area (Å²) in [6.45, 7) is 6.70. The first-order valence-electron chi connectivity index (χ1n) is 11.1. The average Bonchev–Trinajstić information content (AvgIpc) is 2.80. The van der Waals surface area contributed by atoms with E-state index < -0.39 is 11.9 Å². The molecule has 1 aromatic carbocycles. The van der Waals surface area contributed by atoms with Gasteiger partial charge in [-0.2, -0.15) is 0 Å². The average molecular weight is 440 g/mol. The molecule has 3 amide bonds. The van der Waals surface area contributed by atoms with Crippen LogP contribution in [0, 0.1) is 5.92 Å². The van der Waals surface area contributed by atoms with Gasteiger partial charge in [-0.1, -0.05) is 39.3 Å². The predicted octanol–water partition coefficient (Wildman–Crippen LogP) is 2.51. The molecule has 0 radical (unpaired) electrons. The smallest absolute Gasteiger partial charge is 0.271 e. The van der Waals surface area contributed by atoms with Gasteiger partial charge in [-0.3, -0.25) is 19.4 Å². The number of hydrogen-bond donors (Lipinski definition) is 3. The van der Waals surface area contributed by atoms with Gasteiger partial charge in [0.25, 0.3) is 11.8 Å². The summed E-state index contributed by atoms with van der Waals surface area (Å²) in [4.78, 5) is 45.6. The highest BCUT2D eigenvalue weighted by molar-refractivity contribution is 5.98. The number of aryl methyl sites for hydroxylation is 1. The Morgan fingerprint density at radius 3 is 2.38 bits per heavy atom. The van der Waals surface area contributed by atoms with Crippen LogP contribution in [-0.2, 0) is 11.2 Å². The minimum Gasteiger partial charge on any atom is -0.354 e. The van der Waals surface area contributed by atoms with Gasteiger partial charge in [0.05, 0.1) is 6.20 Å². The molecule has 0 aliphatic rings. The summed E-state index contributed by atoms with van der Waals surface area (Å²) in [6, 6.07) is 6.45. The molecule has 1 atom stereocenters. The summed E-state index contributed by atoms with van der Waals surface area (Å²) in [5, 5.41) is 8.22. The van der Waals surface area contributed by atoms with E-state index in [0.29, 0.717) is 18.0 Å². The van der Waals surface area contributed by atoms with E-state index in [1.165, 1.54) is 24.2 Å². The van der Waals surface area contributed by atoms with E-state index >= 15 is 0 Å². The molecule has 3 N–H and O–H groups in total. The van der Waals surface area contributed by atoms with Crippen LogP contribution in [0.25, 0.3) is 0 Å². The Kier molecular flexibility index (Phi) is 10.3. The molecular weight excluding hydrogens is 406 g/mol. The van der Waals surface area contributed by atoms with Gasteiger partial charge in [0.1, 0.15) is 11.7 Å². The van der Waals surface area contributed by atoms with Crippen LogP contribution in [0.2, 0.25) is 0 Å². The van der Waals surface area contributed by atoms with Gasteiger partial charge >= 0.3 is 0 Å². The van der Waals surface area contributed by atoms with Crippen molar-refractivity contribution in [1.29, 1.82) is 0 Å². The molecule has 0 unspecified atom stereocenters. The standard InChI is InChI=1S/C24H33N5O3/c1-4-5-6-18-7-9-19(10-8-18)22(30)29-21(24(32)27-12-11-17(2)3)16-28-23(31)20-15-25-13-14-26-20/h7-10,13-15,17,21H,4-6,11-12,16H2,1-3H3,(H,27,32)(H,28,31)(H,29,30)/t21-/m0/s1. The number of nitrogens with zero attached hydrogens (tertiary/aromatic N) is 2. The Bertz CT molecular complexity index is 869. The maximum atomic E-state index is 12.8. The van der Waals surface area contributed by atoms with E-state index in [1.807, 2.05) is 12.1 Å². The van der Waals surface area contributed by atoms with Crippen LogP contribution in [-0.4, -0.2) is 46.8 Å². The molecule has 2 aromatic rings. The molecule has 32 heavy (non-hydrogen) atoms. The van der Waals surface area contributed by atoms with Gasteiger partial charge in [-0.25, -0.2) is 4.98 Å². The highest BCUT2D eigenvalue weighted by Crippen LogP contribution is 2.08. The minimum atomic E-state index is -0.921. The van der Waals surface area contributed by atoms with Crippen molar-refractivity contribution in [2.24, 2.45) is 5.92 Å². The van der Waals surface area contributed by atoms with E-state index in [0.717, 1.165) is 25.7 Å². The van der Waals surface area contributed by atoms with Crippen LogP contribution >= 0.6 is 0 Å². The highest BCUT2D eigenvalue weighted by atomic mass is 16.2. The van der Waals surface area contributed by atoms with Crippen LogP contribution < -0.4 is 16.0 Å². The number of rotatable bonds is 12. The van der Waals surface area contributed by atoms with Gasteiger partial charge in [0, 0.05) is 31.0 Å². The molecule has 0 aliphatic heterocycles. The van der Waals surface area contributed by atoms with Crippen molar-refractivity contribution >= 4 is 17.7 Å². The quantitative estimate of drug-likeness (QED) is 0.470. The van der Waals surface area contributed by atoms with Crippen LogP contribution in [0.15, 0.2) is 42.9 Å². The molecule has 0 spiro atoms. The van der Waals surface area contributed by atoms with Crippen molar-refractivity contribution in [3.63, 3.8) is 0 Å². The fraction of sp³-hybridized carbons (Fsp3) is 0.458. The molecule has 0 saturated carbocycles. The number of amides is 3. The zero-order valence-corrected chi connectivity index (χ0v) is 19.1. The summed E-state index contributed by atoms with van der Waals surface area (Å²) in [5.41, 5.74) is 1.77. The lowest BCUT2D eigenvalue weighted by atomic mass is 10.1. The number of benzene rings is 1. The molecule has 2 rings (SSSR count). The van der Waals surface area contributed by atoms with Crippen LogP contribution in [0.1, 0.15) is 66.4 Å². The zero-order valence-electron chi connectivity index (χ0n) is 19.1. The molecule has 0 aliphatic carbocycles. The Morgan fingerprint density at radius 1 is 1.00 bits per heavy atom. The zero-order chi connectivity index (χ0) is 23.3. The van der Waals surface area contributed by atoms with Crippen molar-refractivity contribution in [1.82, 2.24) is 25.9 Å². The summed E-state index contributed by atoms with van der Waals surface area (Å²) in [5.74, 6) is -0.749. The SMILES string of the molecule is CCCCc1ccc(C(=O)N[C@@H](CNC(=O)c2cnccn2)C(=O)NCCC(C)C)cc1. The Morgan fingerprint density at radius 2 is 1.75 bits per heavy atom. The lowest BCUT2D eigenvalue weighted by Gasteiger charge is -2.19. The van der Waals surface area contributed by atoms with Crippen LogP contribution in [0.4, 0.5) is 0 Å². The first kappa shape index (κ1) is 25.0. The normalized spacial score (nSPS) is 11.6. The van der Waals surface area contributed by atoms with E-state index in [-0.39, 0.29) is 24.1 Å². The van der Waals surface area contributed by atoms with Crippen molar-refractivity contribution in [3.05, 3.63) is 59.7 Å². The second-order valence-corrected chi connectivity index (χ2v) is 8.10. The van der Waals surface area contributed by atoms with E-state index in [9.17, 15) is 14.4 Å². The van der Waals surface area contributed by atoms with E-state index in [1.54, 1.807) is 12.1 Å². The molecular formula is C24H33N5O3. The van der Waals surface area contributed by atoms with Gasteiger partial charge in [0.2, 0.25) is 5.91 Å². The Hall–Kier alpha value is -3.29. The second-order valence-electron chi connectivity index (χ2n) is 8.10. The first-order valence-corrected chi connectivity index (χ1v) is 11.1. The van der Waals surface area contributed by atoms with Crippen LogP contribution in [0.3, 0.4) is 0 Å². The number of nitrogens with one attached hydrogen (secondary N) is 3. The Balaban J connectivity index is 2.02. The summed E-state index contributed by atoms with van der Waals surface area (Å²) < 4.78 is 0. The van der Waals surface area contributed by atoms with E-state index in [2.05, 4.69) is 46.7 Å². The van der Waals surface area contributed by atoms with Crippen molar-refractivity contribution in [2.45, 2.75) is 52.5 Å². The summed E-state index contributed by atoms with van der Waals surface area (Å²) in [6.07, 6.45) is 8.20. The van der Waals surface area contributed by atoms with Gasteiger partial charge < -0.3 is 16.0 Å². The predicted molar refractivity (Wildman–Crippen MR) is 123 cm³/mol. The molecule has 172 valence electrons. The lowest BCUT2D eigenvalue weighted by Crippen LogP contribution is -2.52. The fourth-order valence-corrected chi connectivity index (χ4v) is 2.96. The van der Waals surface area contributed by atoms with Gasteiger partial charge in [0.15, 0.2) is 0 Å². The Labute approximate surface area is 189 Å². The third kappa shape index (κ3) is 8.45. The van der Waals surface area contributed by atoms with Crippen molar-refractivity contribution in [2.75, 3.05) is 13.1 Å². The maximum Gasteiger partial charge on any atom is 0.271 e. The molecule has 8 nitrogen and oxygen atoms in total. The molecule has 0 fully saturated rings. The van der Waals surface area contributed by atoms with Gasteiger partial charge in [-0.05, 0) is 42.9 Å². The molecule has 0 bridgehead atoms. The van der Waals surface area contributed by atoms with Gasteiger partial charge in [-0.15, -0.1) is 0 Å². The molecule has 1 aromatic heterocycles. The monoisotopic (exact) mass is 439 g/mol. The number of unbranched alkanes of at least 4 members (excludes halogenated alkanes) is 1. The molecule has 0 saturated heterocycles. The topological polar surface area (TPSA) is 113 Å². The number of aromatic nitrogens is 2. The highest BCUT2D eigenvalue weighted by Gasteiger charge is 2.22. The van der Waals surface area contributed by atoms with E-state index in [4.69, 9.17) is 0 Å². The second kappa shape index (κ2) is 13.2. The summed E-state index contributed by atoms with van der Waals surface area (Å²) in [7, 11) is 0. The van der Waals surface area contributed by atoms with Crippen molar-refractivity contribution < 1.29 is 14.4 Å². The largest absolute Gasteiger partial charge is 0.354 e. The fourth-order valence-electron chi connectivity index (χ4n) is 2.96. The maximum absolute atomic E-state index is 12.8. The molecule has 1 heterocycles.